The molecule has 0 heterocycles. The van der Waals surface area contributed by atoms with E-state index >= 15 is 0 Å². The number of fused-ring (bicyclic) bond motifs is 3. The van der Waals surface area contributed by atoms with Gasteiger partial charge in [-0.2, -0.15) is 5.06 Å². The van der Waals surface area contributed by atoms with Crippen molar-refractivity contribution in [2.45, 2.75) is 12.3 Å². The summed E-state index contributed by atoms with van der Waals surface area (Å²) in [5.41, 5.74) is 4.53. The third-order valence-electron chi connectivity index (χ3n) is 4.29. The lowest BCUT2D eigenvalue weighted by Gasteiger charge is -2.20. The third-order valence-corrected chi connectivity index (χ3v) is 4.29. The van der Waals surface area contributed by atoms with Crippen LogP contribution in [0.2, 0.25) is 0 Å². The van der Waals surface area contributed by atoms with Crippen LogP contribution in [0.25, 0.3) is 11.1 Å². The zero-order chi connectivity index (χ0) is 17.8. The molecule has 0 atom stereocenters. The number of hydroxylamine groups is 2. The molecule has 0 spiro atoms. The Morgan fingerprint density at radius 2 is 1.60 bits per heavy atom. The molecule has 1 aliphatic rings. The number of nitrogens with zero attached hydrogens (tertiary/aromatic N) is 1. The van der Waals surface area contributed by atoms with Crippen molar-refractivity contribution in [2.75, 3.05) is 20.3 Å². The maximum Gasteiger partial charge on any atom is 0.433 e. The number of hydrogen-bond donors (Lipinski definition) is 1. The molecule has 1 aliphatic carbocycles. The minimum Gasteiger partial charge on any atom is -0.481 e. The Labute approximate surface area is 145 Å². The molecule has 0 bridgehead atoms. The molecule has 0 radical (unpaired) electrons. The fourth-order valence-electron chi connectivity index (χ4n) is 3.12. The molecular weight excluding hydrogens is 322 g/mol. The number of amides is 1. The van der Waals surface area contributed by atoms with Crippen LogP contribution < -0.4 is 0 Å². The third kappa shape index (κ3) is 3.49. The zero-order valence-corrected chi connectivity index (χ0v) is 13.8. The number of rotatable bonds is 6. The highest BCUT2D eigenvalue weighted by Gasteiger charge is 2.29. The Hall–Kier alpha value is -2.86. The van der Waals surface area contributed by atoms with Crippen LogP contribution in [0.1, 0.15) is 23.5 Å². The Bertz CT molecular complexity index is 743. The molecular formula is C19H19NO5. The van der Waals surface area contributed by atoms with Crippen molar-refractivity contribution in [3.63, 3.8) is 0 Å². The highest BCUT2D eigenvalue weighted by atomic mass is 16.7. The molecule has 0 fully saturated rings. The summed E-state index contributed by atoms with van der Waals surface area (Å²) in [4.78, 5) is 27.7. The molecule has 0 unspecified atom stereocenters. The van der Waals surface area contributed by atoms with Crippen molar-refractivity contribution in [1.29, 1.82) is 0 Å². The van der Waals surface area contributed by atoms with Crippen LogP contribution in [0.4, 0.5) is 4.79 Å². The van der Waals surface area contributed by atoms with E-state index in [1.807, 2.05) is 36.4 Å². The summed E-state index contributed by atoms with van der Waals surface area (Å²) in [5, 5.41) is 9.64. The van der Waals surface area contributed by atoms with Crippen molar-refractivity contribution in [2.24, 2.45) is 0 Å². The lowest BCUT2D eigenvalue weighted by atomic mass is 9.98. The first-order valence-electron chi connectivity index (χ1n) is 8.00. The van der Waals surface area contributed by atoms with Gasteiger partial charge in [-0.15, -0.1) is 0 Å². The Balaban J connectivity index is 1.73. The van der Waals surface area contributed by atoms with Gasteiger partial charge in [0.15, 0.2) is 0 Å². The van der Waals surface area contributed by atoms with Crippen LogP contribution in [0.5, 0.6) is 0 Å². The Morgan fingerprint density at radius 1 is 1.04 bits per heavy atom. The Kier molecular flexibility index (Phi) is 5.00. The number of carboxylic acid groups (broad SMARTS) is 1. The van der Waals surface area contributed by atoms with Gasteiger partial charge in [-0.25, -0.2) is 4.79 Å². The van der Waals surface area contributed by atoms with Gasteiger partial charge in [0.05, 0.1) is 20.1 Å². The number of aliphatic carboxylic acids is 1. The Morgan fingerprint density at radius 3 is 2.12 bits per heavy atom. The number of ether oxygens (including phenoxy) is 1. The molecule has 3 rings (SSSR count). The standard InChI is InChI=1S/C19H19NO5/c1-24-20(11-10-18(21)22)19(23)25-12-17-15-8-4-2-6-13(15)14-7-3-5-9-16(14)17/h2-9,17H,10-12H2,1H3,(H,21,22). The topological polar surface area (TPSA) is 76.1 Å². The number of hydrogen-bond acceptors (Lipinski definition) is 4. The van der Waals surface area contributed by atoms with Crippen molar-refractivity contribution in [3.05, 3.63) is 59.7 Å². The van der Waals surface area contributed by atoms with Gasteiger partial charge in [-0.3, -0.25) is 9.63 Å². The number of carbonyl (C=O) groups is 2. The van der Waals surface area contributed by atoms with Crippen molar-refractivity contribution < 1.29 is 24.3 Å². The second-order valence-electron chi connectivity index (χ2n) is 5.73. The minimum atomic E-state index is -1.01. The average Bonchev–Trinajstić information content (AvgIpc) is 2.94. The fraction of sp³-hybridized carbons (Fsp3) is 0.263. The zero-order valence-electron chi connectivity index (χ0n) is 13.8. The van der Waals surface area contributed by atoms with Gasteiger partial charge in [-0.05, 0) is 22.3 Å². The first-order valence-corrected chi connectivity index (χ1v) is 8.00. The van der Waals surface area contributed by atoms with E-state index in [1.165, 1.54) is 7.11 Å². The molecule has 6 nitrogen and oxygen atoms in total. The van der Waals surface area contributed by atoms with E-state index in [9.17, 15) is 9.59 Å². The average molecular weight is 341 g/mol. The van der Waals surface area contributed by atoms with Gasteiger partial charge in [0.2, 0.25) is 0 Å². The molecule has 1 N–H and O–H groups in total. The molecule has 6 heteroatoms. The van der Waals surface area contributed by atoms with Crippen LogP contribution >= 0.6 is 0 Å². The van der Waals surface area contributed by atoms with Crippen molar-refractivity contribution in [1.82, 2.24) is 5.06 Å². The monoisotopic (exact) mass is 341 g/mol. The van der Waals surface area contributed by atoms with Gasteiger partial charge in [0.25, 0.3) is 0 Å². The van der Waals surface area contributed by atoms with Gasteiger partial charge in [0, 0.05) is 5.92 Å². The highest BCUT2D eigenvalue weighted by molar-refractivity contribution is 5.79. The fourth-order valence-corrected chi connectivity index (χ4v) is 3.12. The van der Waals surface area contributed by atoms with E-state index in [0.717, 1.165) is 27.3 Å². The van der Waals surface area contributed by atoms with Crippen LogP contribution in [0.3, 0.4) is 0 Å². The molecule has 0 aliphatic heterocycles. The smallest absolute Gasteiger partial charge is 0.433 e. The quantitative estimate of drug-likeness (QED) is 0.816. The van der Waals surface area contributed by atoms with Crippen molar-refractivity contribution >= 4 is 12.1 Å². The second kappa shape index (κ2) is 7.36. The van der Waals surface area contributed by atoms with E-state index < -0.39 is 12.1 Å². The van der Waals surface area contributed by atoms with Gasteiger partial charge in [0.1, 0.15) is 6.61 Å². The van der Waals surface area contributed by atoms with Gasteiger partial charge < -0.3 is 9.84 Å². The van der Waals surface area contributed by atoms with E-state index in [-0.39, 0.29) is 25.5 Å². The van der Waals surface area contributed by atoms with Crippen LogP contribution in [0, 0.1) is 0 Å². The summed E-state index contributed by atoms with van der Waals surface area (Å²) in [6, 6.07) is 16.1. The number of benzene rings is 2. The van der Waals surface area contributed by atoms with E-state index in [4.69, 9.17) is 14.7 Å². The van der Waals surface area contributed by atoms with E-state index in [2.05, 4.69) is 12.1 Å². The van der Waals surface area contributed by atoms with Crippen LogP contribution in [-0.2, 0) is 14.4 Å². The highest BCUT2D eigenvalue weighted by Crippen LogP contribution is 2.44. The minimum absolute atomic E-state index is 0.0467. The predicted octanol–water partition coefficient (Wildman–Crippen LogP) is 3.27. The van der Waals surface area contributed by atoms with E-state index in [1.54, 1.807) is 0 Å². The molecule has 1 amide bonds. The summed E-state index contributed by atoms with van der Waals surface area (Å²) >= 11 is 0. The normalized spacial score (nSPS) is 12.4. The summed E-state index contributed by atoms with van der Waals surface area (Å²) in [6.07, 6.45) is -0.900. The summed E-state index contributed by atoms with van der Waals surface area (Å²) in [5.74, 6) is -1.05. The molecule has 130 valence electrons. The summed E-state index contributed by atoms with van der Waals surface area (Å²) in [7, 11) is 1.31. The van der Waals surface area contributed by atoms with E-state index in [0.29, 0.717) is 0 Å². The molecule has 0 saturated carbocycles. The maximum atomic E-state index is 12.2. The molecule has 0 saturated heterocycles. The van der Waals surface area contributed by atoms with Crippen LogP contribution in [-0.4, -0.2) is 42.5 Å². The summed E-state index contributed by atoms with van der Waals surface area (Å²) < 4.78 is 5.39. The largest absolute Gasteiger partial charge is 0.481 e. The van der Waals surface area contributed by atoms with Gasteiger partial charge >= 0.3 is 12.1 Å². The SMILES string of the molecule is CON(CCC(=O)O)C(=O)OCC1c2ccccc2-c2ccccc21. The summed E-state index contributed by atoms with van der Waals surface area (Å²) in [6.45, 7) is 0.0995. The molecule has 2 aromatic rings. The number of carbonyl (C=O) groups excluding carboxylic acids is 1. The lowest BCUT2D eigenvalue weighted by Crippen LogP contribution is -2.33. The lowest BCUT2D eigenvalue weighted by molar-refractivity contribution is -0.143. The molecule has 0 aromatic heterocycles. The first-order chi connectivity index (χ1) is 12.1. The maximum absolute atomic E-state index is 12.2. The van der Waals surface area contributed by atoms with Crippen molar-refractivity contribution in [3.8, 4) is 11.1 Å². The first kappa shape index (κ1) is 17.0. The predicted molar refractivity (Wildman–Crippen MR) is 91.0 cm³/mol. The second-order valence-corrected chi connectivity index (χ2v) is 5.73. The van der Waals surface area contributed by atoms with Gasteiger partial charge in [-0.1, -0.05) is 48.5 Å². The van der Waals surface area contributed by atoms with Crippen LogP contribution in [0.15, 0.2) is 48.5 Å². The molecule has 2 aromatic carbocycles. The number of carboxylic acids is 1. The molecule has 25 heavy (non-hydrogen) atoms.